The second-order valence-corrected chi connectivity index (χ2v) is 11.6. The number of carboxylic acids is 2. The standard InChI is InChI=1S/C33H59NO9/c1-28(35)27-43-25-24-42-23-22-34-31(37)21-20-29(33(40)41)26-30(36)18-16-14-12-10-8-6-4-2-3-5-7-9-11-13-15-17-19-32(38)39/h29H,2-27H2,1H3,(H,34,37)(H,38,39)(H,40,41)/t29-/m1/s1. The molecule has 10 nitrogen and oxygen atoms in total. The van der Waals surface area contributed by atoms with Gasteiger partial charge in [0.25, 0.3) is 0 Å². The molecule has 250 valence electrons. The van der Waals surface area contributed by atoms with Crippen LogP contribution in [-0.2, 0) is 33.4 Å². The molecule has 1 atom stereocenters. The monoisotopic (exact) mass is 613 g/mol. The van der Waals surface area contributed by atoms with Gasteiger partial charge < -0.3 is 25.0 Å². The molecule has 3 N–H and O–H groups in total. The average Bonchev–Trinajstić information content (AvgIpc) is 2.95. The Balaban J connectivity index is 3.61. The van der Waals surface area contributed by atoms with Crippen molar-refractivity contribution in [2.45, 2.75) is 142 Å². The van der Waals surface area contributed by atoms with E-state index in [9.17, 15) is 29.1 Å². The molecule has 0 aromatic rings. The normalized spacial score (nSPS) is 11.7. The van der Waals surface area contributed by atoms with Gasteiger partial charge in [-0.1, -0.05) is 89.9 Å². The second-order valence-electron chi connectivity index (χ2n) is 11.6. The minimum atomic E-state index is -1.04. The van der Waals surface area contributed by atoms with E-state index in [4.69, 9.17) is 14.6 Å². The van der Waals surface area contributed by atoms with Crippen LogP contribution < -0.4 is 5.32 Å². The van der Waals surface area contributed by atoms with Crippen LogP contribution in [0.25, 0.3) is 0 Å². The molecule has 1 amide bonds. The summed E-state index contributed by atoms with van der Waals surface area (Å²) in [6, 6.07) is 0. The van der Waals surface area contributed by atoms with Crippen LogP contribution in [0.1, 0.15) is 142 Å². The van der Waals surface area contributed by atoms with Crippen molar-refractivity contribution in [1.82, 2.24) is 5.32 Å². The molecule has 0 spiro atoms. The summed E-state index contributed by atoms with van der Waals surface area (Å²) in [5.41, 5.74) is 0. The Hall–Kier alpha value is -2.33. The third-order valence-electron chi connectivity index (χ3n) is 7.39. The maximum Gasteiger partial charge on any atom is 0.306 e. The Labute approximate surface area is 259 Å². The van der Waals surface area contributed by atoms with Crippen molar-refractivity contribution in [3.63, 3.8) is 0 Å². The van der Waals surface area contributed by atoms with Crippen LogP contribution in [0.3, 0.4) is 0 Å². The SMILES string of the molecule is CC(=O)COCCOCCNC(=O)CC[C@H](CC(=O)CCCCCCCCCCCCCCCCCCC(=O)O)C(=O)O. The summed E-state index contributed by atoms with van der Waals surface area (Å²) in [6.45, 7) is 2.69. The molecule has 43 heavy (non-hydrogen) atoms. The third kappa shape index (κ3) is 30.9. The summed E-state index contributed by atoms with van der Waals surface area (Å²) in [4.78, 5) is 57.1. The van der Waals surface area contributed by atoms with Gasteiger partial charge in [0, 0.05) is 32.2 Å². The van der Waals surface area contributed by atoms with Gasteiger partial charge in [-0.05, 0) is 26.2 Å². The largest absolute Gasteiger partial charge is 0.481 e. The van der Waals surface area contributed by atoms with Crippen LogP contribution in [0.15, 0.2) is 0 Å². The Morgan fingerprint density at radius 3 is 1.53 bits per heavy atom. The smallest absolute Gasteiger partial charge is 0.306 e. The van der Waals surface area contributed by atoms with Gasteiger partial charge in [0.05, 0.1) is 25.7 Å². The van der Waals surface area contributed by atoms with E-state index in [2.05, 4.69) is 5.32 Å². The fourth-order valence-corrected chi connectivity index (χ4v) is 4.86. The molecule has 0 unspecified atom stereocenters. The number of nitrogens with one attached hydrogen (secondary N) is 1. The van der Waals surface area contributed by atoms with Crippen LogP contribution in [0, 0.1) is 5.92 Å². The molecule has 0 aromatic carbocycles. The predicted molar refractivity (Wildman–Crippen MR) is 166 cm³/mol. The lowest BCUT2D eigenvalue weighted by Crippen LogP contribution is -2.29. The molecule has 0 rings (SSSR count). The van der Waals surface area contributed by atoms with Gasteiger partial charge in [0.1, 0.15) is 12.4 Å². The van der Waals surface area contributed by atoms with E-state index in [1.54, 1.807) is 0 Å². The number of carbonyl (C=O) groups is 5. The summed E-state index contributed by atoms with van der Waals surface area (Å²) < 4.78 is 10.4. The average molecular weight is 614 g/mol. The van der Waals surface area contributed by atoms with Gasteiger partial charge in [-0.2, -0.15) is 0 Å². The van der Waals surface area contributed by atoms with Crippen molar-refractivity contribution in [1.29, 1.82) is 0 Å². The van der Waals surface area contributed by atoms with Gasteiger partial charge in [-0.3, -0.25) is 24.0 Å². The number of hydrogen-bond donors (Lipinski definition) is 3. The van der Waals surface area contributed by atoms with Gasteiger partial charge in [0.15, 0.2) is 5.78 Å². The number of ether oxygens (including phenoxy) is 2. The van der Waals surface area contributed by atoms with E-state index in [1.807, 2.05) is 0 Å². The van der Waals surface area contributed by atoms with Gasteiger partial charge in [-0.25, -0.2) is 0 Å². The van der Waals surface area contributed by atoms with E-state index < -0.39 is 17.9 Å². The summed E-state index contributed by atoms with van der Waals surface area (Å²) in [5, 5.41) is 20.8. The molecule has 0 heterocycles. The summed E-state index contributed by atoms with van der Waals surface area (Å²) in [5.74, 6) is -2.96. The first-order chi connectivity index (χ1) is 20.7. The summed E-state index contributed by atoms with van der Waals surface area (Å²) in [7, 11) is 0. The lowest BCUT2D eigenvalue weighted by atomic mass is 9.94. The van der Waals surface area contributed by atoms with Crippen LogP contribution in [-0.4, -0.2) is 72.6 Å². The number of carbonyl (C=O) groups excluding carboxylic acids is 3. The third-order valence-corrected chi connectivity index (χ3v) is 7.39. The van der Waals surface area contributed by atoms with Crippen molar-refractivity contribution < 1.29 is 43.7 Å². The number of ketones is 2. The quantitative estimate of drug-likeness (QED) is 0.0726. The van der Waals surface area contributed by atoms with Crippen molar-refractivity contribution in [2.24, 2.45) is 5.92 Å². The first-order valence-corrected chi connectivity index (χ1v) is 16.6. The first kappa shape index (κ1) is 40.7. The van der Waals surface area contributed by atoms with E-state index in [0.29, 0.717) is 32.6 Å². The lowest BCUT2D eigenvalue weighted by molar-refractivity contribution is -0.144. The van der Waals surface area contributed by atoms with Crippen LogP contribution >= 0.6 is 0 Å². The molecule has 0 aliphatic heterocycles. The number of amides is 1. The Morgan fingerprint density at radius 1 is 0.605 bits per heavy atom. The molecule has 10 heteroatoms. The van der Waals surface area contributed by atoms with Crippen molar-refractivity contribution in [3.8, 4) is 0 Å². The van der Waals surface area contributed by atoms with Crippen LogP contribution in [0.4, 0.5) is 0 Å². The van der Waals surface area contributed by atoms with Crippen LogP contribution in [0.2, 0.25) is 0 Å². The molecule has 0 aliphatic rings. The van der Waals surface area contributed by atoms with E-state index in [0.717, 1.165) is 38.5 Å². The Morgan fingerprint density at radius 2 is 1.07 bits per heavy atom. The lowest BCUT2D eigenvalue weighted by Gasteiger charge is -2.12. The fourth-order valence-electron chi connectivity index (χ4n) is 4.86. The number of hydrogen-bond acceptors (Lipinski definition) is 7. The van der Waals surface area contributed by atoms with Gasteiger partial charge >= 0.3 is 11.9 Å². The molecule has 0 aliphatic carbocycles. The molecule has 0 saturated carbocycles. The van der Waals surface area contributed by atoms with Crippen molar-refractivity contribution >= 4 is 29.4 Å². The molecular weight excluding hydrogens is 554 g/mol. The second kappa shape index (κ2) is 29.7. The van der Waals surface area contributed by atoms with Crippen LogP contribution in [0.5, 0.6) is 0 Å². The fraction of sp³-hybridized carbons (Fsp3) is 0.848. The number of aliphatic carboxylic acids is 2. The minimum Gasteiger partial charge on any atom is -0.481 e. The maximum absolute atomic E-state index is 12.3. The molecule has 0 fully saturated rings. The molecule has 0 radical (unpaired) electrons. The van der Waals surface area contributed by atoms with Gasteiger partial charge in [-0.15, -0.1) is 0 Å². The minimum absolute atomic E-state index is 0.0290. The zero-order valence-electron chi connectivity index (χ0n) is 26.7. The summed E-state index contributed by atoms with van der Waals surface area (Å²) in [6.07, 6.45) is 19.2. The highest BCUT2D eigenvalue weighted by Gasteiger charge is 2.22. The summed E-state index contributed by atoms with van der Waals surface area (Å²) >= 11 is 0. The van der Waals surface area contributed by atoms with Crippen molar-refractivity contribution in [3.05, 3.63) is 0 Å². The maximum atomic E-state index is 12.3. The Kier molecular flexibility index (Phi) is 28.1. The number of rotatable bonds is 33. The molecule has 0 bridgehead atoms. The van der Waals surface area contributed by atoms with Crippen molar-refractivity contribution in [2.75, 3.05) is 33.0 Å². The highest BCUT2D eigenvalue weighted by molar-refractivity contribution is 5.84. The molecule has 0 saturated heterocycles. The van der Waals surface area contributed by atoms with Gasteiger partial charge in [0.2, 0.25) is 5.91 Å². The highest BCUT2D eigenvalue weighted by Crippen LogP contribution is 2.17. The van der Waals surface area contributed by atoms with E-state index in [1.165, 1.54) is 71.1 Å². The Bertz CT molecular complexity index is 757. The topological polar surface area (TPSA) is 156 Å². The van der Waals surface area contributed by atoms with E-state index in [-0.39, 0.29) is 49.9 Å². The molecular formula is C33H59NO9. The highest BCUT2D eigenvalue weighted by atomic mass is 16.5. The number of Topliss-reactive ketones (excluding diaryl/α,β-unsaturated/α-hetero) is 2. The van der Waals surface area contributed by atoms with E-state index >= 15 is 0 Å². The predicted octanol–water partition coefficient (Wildman–Crippen LogP) is 6.27. The molecule has 0 aromatic heterocycles. The number of carboxylic acid groups (broad SMARTS) is 2. The zero-order valence-corrected chi connectivity index (χ0v) is 26.7. The number of unbranched alkanes of at least 4 members (excludes halogenated alkanes) is 15. The zero-order chi connectivity index (χ0) is 32.0. The first-order valence-electron chi connectivity index (χ1n) is 16.6.